The van der Waals surface area contributed by atoms with Crippen LogP contribution in [0.5, 0.6) is 0 Å². The quantitative estimate of drug-likeness (QED) is 0.422. The van der Waals surface area contributed by atoms with Gasteiger partial charge in [-0.25, -0.2) is 9.97 Å². The lowest BCUT2D eigenvalue weighted by atomic mass is 9.92. The number of carbonyl (C=O) groups is 2. The summed E-state index contributed by atoms with van der Waals surface area (Å²) in [5.74, 6) is -0.281. The lowest BCUT2D eigenvalue weighted by Gasteiger charge is -2.30. The molecule has 4 aromatic rings. The first-order valence-corrected chi connectivity index (χ1v) is 12.5. The van der Waals surface area contributed by atoms with Gasteiger partial charge in [0.2, 0.25) is 5.91 Å². The van der Waals surface area contributed by atoms with Gasteiger partial charge in [-0.3, -0.25) is 14.5 Å². The molecule has 8 nitrogen and oxygen atoms in total. The van der Waals surface area contributed by atoms with Crippen LogP contribution in [0.25, 0.3) is 33.5 Å². The third-order valence-electron chi connectivity index (χ3n) is 7.16. The summed E-state index contributed by atoms with van der Waals surface area (Å²) < 4.78 is 0. The maximum Gasteiger partial charge on any atom is 0.253 e. The summed E-state index contributed by atoms with van der Waals surface area (Å²) in [5.41, 5.74) is 16.1. The molecule has 2 amide bonds. The van der Waals surface area contributed by atoms with Gasteiger partial charge in [0.1, 0.15) is 5.52 Å². The Morgan fingerprint density at radius 2 is 1.89 bits per heavy atom. The molecule has 190 valence electrons. The number of benzene rings is 2. The van der Waals surface area contributed by atoms with Crippen LogP contribution in [0, 0.1) is 13.8 Å². The highest BCUT2D eigenvalue weighted by Crippen LogP contribution is 2.32. The van der Waals surface area contributed by atoms with Crippen molar-refractivity contribution in [2.24, 2.45) is 5.73 Å². The fourth-order valence-electron chi connectivity index (χ4n) is 5.15. The molecular formula is C29H32N6O2. The van der Waals surface area contributed by atoms with E-state index in [1.165, 1.54) is 16.7 Å². The van der Waals surface area contributed by atoms with Crippen LogP contribution in [0.15, 0.2) is 42.7 Å². The van der Waals surface area contributed by atoms with Crippen LogP contribution < -0.4 is 5.73 Å². The van der Waals surface area contributed by atoms with Gasteiger partial charge in [0.05, 0.1) is 11.9 Å². The summed E-state index contributed by atoms with van der Waals surface area (Å²) in [5, 5.41) is 0. The van der Waals surface area contributed by atoms with Gasteiger partial charge in [0.15, 0.2) is 5.65 Å². The topological polar surface area (TPSA) is 108 Å². The zero-order chi connectivity index (χ0) is 26.3. The Balaban J connectivity index is 1.49. The Hall–Kier alpha value is -4.04. The first-order valence-electron chi connectivity index (χ1n) is 12.5. The van der Waals surface area contributed by atoms with Crippen molar-refractivity contribution >= 4 is 23.0 Å². The Bertz CT molecular complexity index is 1520. The summed E-state index contributed by atoms with van der Waals surface area (Å²) in [7, 11) is 3.51. The number of nitrogens with one attached hydrogen (secondary N) is 1. The molecule has 0 saturated heterocycles. The number of nitrogens with zero attached hydrogens (tertiary/aromatic N) is 4. The smallest absolute Gasteiger partial charge is 0.253 e. The van der Waals surface area contributed by atoms with E-state index in [9.17, 15) is 9.59 Å². The second kappa shape index (κ2) is 9.78. The number of aromatic nitrogens is 3. The van der Waals surface area contributed by atoms with E-state index < -0.39 is 0 Å². The zero-order valence-corrected chi connectivity index (χ0v) is 21.8. The van der Waals surface area contributed by atoms with E-state index in [-0.39, 0.29) is 11.8 Å². The maximum atomic E-state index is 12.5. The van der Waals surface area contributed by atoms with Gasteiger partial charge in [0, 0.05) is 63.0 Å². The number of hydrogen-bond acceptors (Lipinski definition) is 5. The molecule has 1 aliphatic rings. The van der Waals surface area contributed by atoms with E-state index >= 15 is 0 Å². The first-order chi connectivity index (χ1) is 17.7. The number of aryl methyl sites for hydroxylation is 2. The monoisotopic (exact) mass is 496 g/mol. The lowest BCUT2D eigenvalue weighted by Crippen LogP contribution is -2.33. The van der Waals surface area contributed by atoms with Crippen LogP contribution in [0.4, 0.5) is 0 Å². The minimum Gasteiger partial charge on any atom is -0.370 e. The van der Waals surface area contributed by atoms with Crippen molar-refractivity contribution < 1.29 is 9.59 Å². The number of H-pyrrole nitrogens is 1. The maximum absolute atomic E-state index is 12.5. The Morgan fingerprint density at radius 3 is 2.62 bits per heavy atom. The number of nitrogens with two attached hydrogens (primary N) is 1. The molecule has 1 aliphatic heterocycles. The van der Waals surface area contributed by atoms with Crippen molar-refractivity contribution in [1.82, 2.24) is 24.8 Å². The van der Waals surface area contributed by atoms with Gasteiger partial charge in [-0.05, 0) is 66.3 Å². The minimum atomic E-state index is -0.268. The van der Waals surface area contributed by atoms with Crippen LogP contribution in [0.2, 0.25) is 0 Å². The molecule has 0 aliphatic carbocycles. The molecular weight excluding hydrogens is 464 g/mol. The van der Waals surface area contributed by atoms with Crippen molar-refractivity contribution in [3.05, 3.63) is 70.5 Å². The van der Waals surface area contributed by atoms with Crippen molar-refractivity contribution in [2.75, 3.05) is 27.2 Å². The lowest BCUT2D eigenvalue weighted by molar-refractivity contribution is -0.118. The van der Waals surface area contributed by atoms with Gasteiger partial charge in [-0.1, -0.05) is 12.1 Å². The van der Waals surface area contributed by atoms with E-state index in [2.05, 4.69) is 33.9 Å². The number of rotatable bonds is 6. The number of carbonyl (C=O) groups excluding carboxylic acids is 2. The van der Waals surface area contributed by atoms with E-state index in [1.54, 1.807) is 19.0 Å². The molecule has 0 unspecified atom stereocenters. The number of primary amides is 1. The molecule has 0 fully saturated rings. The molecule has 0 saturated carbocycles. The van der Waals surface area contributed by atoms with Gasteiger partial charge >= 0.3 is 0 Å². The predicted molar refractivity (Wildman–Crippen MR) is 145 cm³/mol. The van der Waals surface area contributed by atoms with Crippen molar-refractivity contribution in [2.45, 2.75) is 33.2 Å². The number of hydrogen-bond donors (Lipinski definition) is 2. The van der Waals surface area contributed by atoms with Crippen LogP contribution >= 0.6 is 0 Å². The van der Waals surface area contributed by atoms with Gasteiger partial charge in [-0.2, -0.15) is 0 Å². The second-order valence-corrected chi connectivity index (χ2v) is 10.1. The predicted octanol–water partition coefficient (Wildman–Crippen LogP) is 3.84. The van der Waals surface area contributed by atoms with E-state index in [1.807, 2.05) is 37.5 Å². The SMILES string of the molecule is Cc1cc(-c2c[nH]c3ncc(-c4cc(C)c5c(c4)CN(CCC(N)=O)CC5)nc23)ccc1C(=O)N(C)C. The minimum absolute atomic E-state index is 0.0129. The third-order valence-corrected chi connectivity index (χ3v) is 7.16. The molecule has 5 rings (SSSR count). The van der Waals surface area contributed by atoms with Crippen LogP contribution in [-0.4, -0.2) is 63.8 Å². The molecule has 37 heavy (non-hydrogen) atoms. The van der Waals surface area contributed by atoms with Gasteiger partial charge in [0.25, 0.3) is 5.91 Å². The molecule has 2 aromatic heterocycles. The highest BCUT2D eigenvalue weighted by Gasteiger charge is 2.20. The highest BCUT2D eigenvalue weighted by atomic mass is 16.2. The summed E-state index contributed by atoms with van der Waals surface area (Å²) >= 11 is 0. The third kappa shape index (κ3) is 4.84. The molecule has 3 heterocycles. The van der Waals surface area contributed by atoms with Crippen LogP contribution in [-0.2, 0) is 17.8 Å². The second-order valence-electron chi connectivity index (χ2n) is 10.1. The van der Waals surface area contributed by atoms with Crippen molar-refractivity contribution in [1.29, 1.82) is 0 Å². The summed E-state index contributed by atoms with van der Waals surface area (Å²) in [6.07, 6.45) is 5.06. The van der Waals surface area contributed by atoms with E-state index in [0.717, 1.165) is 58.6 Å². The molecule has 0 bridgehead atoms. The number of amides is 2. The Labute approximate surface area is 216 Å². The van der Waals surface area contributed by atoms with Crippen LogP contribution in [0.3, 0.4) is 0 Å². The normalized spacial score (nSPS) is 13.5. The van der Waals surface area contributed by atoms with E-state index in [0.29, 0.717) is 18.5 Å². The molecule has 8 heteroatoms. The average Bonchev–Trinajstić information content (AvgIpc) is 3.30. The van der Waals surface area contributed by atoms with Crippen LogP contribution in [0.1, 0.15) is 39.0 Å². The summed E-state index contributed by atoms with van der Waals surface area (Å²) in [6, 6.07) is 10.3. The zero-order valence-electron chi connectivity index (χ0n) is 21.8. The molecule has 2 aromatic carbocycles. The fourth-order valence-corrected chi connectivity index (χ4v) is 5.15. The van der Waals surface area contributed by atoms with E-state index in [4.69, 9.17) is 10.7 Å². The fraction of sp³-hybridized carbons (Fsp3) is 0.310. The Kier molecular flexibility index (Phi) is 6.52. The summed E-state index contributed by atoms with van der Waals surface area (Å²) in [4.78, 5) is 40.5. The first kappa shape index (κ1) is 24.6. The molecule has 0 radical (unpaired) electrons. The number of aromatic amines is 1. The molecule has 0 atom stereocenters. The Morgan fingerprint density at radius 1 is 1.11 bits per heavy atom. The standard InChI is InChI=1S/C29H32N6O2/c1-17-12-20(13-21-16-35(9-7-22(17)21)10-8-26(30)36)25-15-32-28-27(33-25)24(14-31-28)19-5-6-23(18(2)11-19)29(37)34(3)4/h5-6,11-15H,7-10,16H2,1-4H3,(H2,30,36)(H,31,32). The molecule has 3 N–H and O–H groups in total. The molecule has 0 spiro atoms. The summed E-state index contributed by atoms with van der Waals surface area (Å²) in [6.45, 7) is 6.50. The highest BCUT2D eigenvalue weighted by molar-refractivity contribution is 5.97. The average molecular weight is 497 g/mol. The van der Waals surface area contributed by atoms with Crippen molar-refractivity contribution in [3.8, 4) is 22.4 Å². The van der Waals surface area contributed by atoms with Gasteiger partial charge in [-0.15, -0.1) is 0 Å². The van der Waals surface area contributed by atoms with Crippen molar-refractivity contribution in [3.63, 3.8) is 0 Å². The largest absolute Gasteiger partial charge is 0.370 e. The number of fused-ring (bicyclic) bond motifs is 2. The van der Waals surface area contributed by atoms with Gasteiger partial charge < -0.3 is 15.6 Å².